The maximum absolute atomic E-state index is 3.55. The third-order valence-electron chi connectivity index (χ3n) is 3.56. The van der Waals surface area contributed by atoms with Crippen LogP contribution >= 0.6 is 0 Å². The van der Waals surface area contributed by atoms with Gasteiger partial charge in [0.2, 0.25) is 0 Å². The lowest BCUT2D eigenvalue weighted by Crippen LogP contribution is -2.36. The average Bonchev–Trinajstić information content (AvgIpc) is 2.67. The molecule has 0 aromatic heterocycles. The highest BCUT2D eigenvalue weighted by atomic mass is 15.2. The Labute approximate surface area is 95.4 Å². The van der Waals surface area contributed by atoms with Crippen molar-refractivity contribution in [3.05, 3.63) is 0 Å². The van der Waals surface area contributed by atoms with Gasteiger partial charge in [-0.15, -0.1) is 0 Å². The van der Waals surface area contributed by atoms with Gasteiger partial charge in [-0.3, -0.25) is 4.90 Å². The van der Waals surface area contributed by atoms with Gasteiger partial charge in [0.25, 0.3) is 0 Å². The molecule has 2 nitrogen and oxygen atoms in total. The molecule has 0 saturated carbocycles. The summed E-state index contributed by atoms with van der Waals surface area (Å²) in [6.45, 7) is 10.5. The molecule has 1 fully saturated rings. The highest BCUT2D eigenvalue weighted by Crippen LogP contribution is 2.16. The van der Waals surface area contributed by atoms with E-state index in [0.29, 0.717) is 0 Å². The van der Waals surface area contributed by atoms with Crippen LogP contribution in [0.1, 0.15) is 52.9 Å². The Morgan fingerprint density at radius 3 is 2.80 bits per heavy atom. The zero-order valence-corrected chi connectivity index (χ0v) is 10.8. The molecule has 0 bridgehead atoms. The second-order valence-electron chi connectivity index (χ2n) is 4.88. The van der Waals surface area contributed by atoms with Gasteiger partial charge in [-0.25, -0.2) is 0 Å². The molecule has 0 aromatic rings. The SMILES string of the molecule is CCCCCC(C)N1CCC(NCC)C1. The van der Waals surface area contributed by atoms with Gasteiger partial charge in [0.1, 0.15) is 0 Å². The quantitative estimate of drug-likeness (QED) is 0.653. The number of likely N-dealkylation sites (tertiary alicyclic amines) is 1. The van der Waals surface area contributed by atoms with Gasteiger partial charge in [-0.05, 0) is 26.3 Å². The standard InChI is InChI=1S/C13H28N2/c1-4-6-7-8-12(3)15-10-9-13(11-15)14-5-2/h12-14H,4-11H2,1-3H3. The van der Waals surface area contributed by atoms with E-state index in [2.05, 4.69) is 31.0 Å². The summed E-state index contributed by atoms with van der Waals surface area (Å²) in [7, 11) is 0. The molecule has 1 aliphatic heterocycles. The second kappa shape index (κ2) is 7.24. The van der Waals surface area contributed by atoms with Gasteiger partial charge in [-0.2, -0.15) is 0 Å². The van der Waals surface area contributed by atoms with Crippen molar-refractivity contribution in [2.75, 3.05) is 19.6 Å². The fraction of sp³-hybridized carbons (Fsp3) is 1.00. The summed E-state index contributed by atoms with van der Waals surface area (Å²) in [5.74, 6) is 0. The molecule has 1 rings (SSSR count). The zero-order valence-electron chi connectivity index (χ0n) is 10.8. The van der Waals surface area contributed by atoms with Crippen molar-refractivity contribution >= 4 is 0 Å². The molecule has 2 unspecified atom stereocenters. The van der Waals surface area contributed by atoms with E-state index >= 15 is 0 Å². The van der Waals surface area contributed by atoms with Gasteiger partial charge in [0.15, 0.2) is 0 Å². The molecule has 90 valence electrons. The monoisotopic (exact) mass is 212 g/mol. The van der Waals surface area contributed by atoms with Crippen LogP contribution in [-0.4, -0.2) is 36.6 Å². The number of unbranched alkanes of at least 4 members (excludes halogenated alkanes) is 2. The summed E-state index contributed by atoms with van der Waals surface area (Å²) >= 11 is 0. The highest BCUT2D eigenvalue weighted by molar-refractivity contribution is 4.83. The number of hydrogen-bond acceptors (Lipinski definition) is 2. The van der Waals surface area contributed by atoms with E-state index in [1.807, 2.05) is 0 Å². The molecule has 1 N–H and O–H groups in total. The maximum atomic E-state index is 3.55. The second-order valence-corrected chi connectivity index (χ2v) is 4.88. The van der Waals surface area contributed by atoms with Gasteiger partial charge in [0, 0.05) is 25.2 Å². The van der Waals surface area contributed by atoms with Crippen molar-refractivity contribution in [1.29, 1.82) is 0 Å². The van der Waals surface area contributed by atoms with Crippen LogP contribution in [0.15, 0.2) is 0 Å². The maximum Gasteiger partial charge on any atom is 0.0207 e. The Morgan fingerprint density at radius 2 is 2.13 bits per heavy atom. The number of nitrogens with zero attached hydrogens (tertiary/aromatic N) is 1. The van der Waals surface area contributed by atoms with E-state index in [4.69, 9.17) is 0 Å². The van der Waals surface area contributed by atoms with E-state index < -0.39 is 0 Å². The van der Waals surface area contributed by atoms with Crippen LogP contribution < -0.4 is 5.32 Å². The van der Waals surface area contributed by atoms with E-state index in [-0.39, 0.29) is 0 Å². The van der Waals surface area contributed by atoms with Crippen LogP contribution in [0.3, 0.4) is 0 Å². The van der Waals surface area contributed by atoms with E-state index in [9.17, 15) is 0 Å². The van der Waals surface area contributed by atoms with Crippen molar-refractivity contribution in [1.82, 2.24) is 10.2 Å². The molecule has 2 heteroatoms. The molecule has 1 aliphatic rings. The molecule has 0 amide bonds. The first-order chi connectivity index (χ1) is 7.27. The van der Waals surface area contributed by atoms with Crippen LogP contribution in [0.4, 0.5) is 0 Å². The molecule has 0 aliphatic carbocycles. The lowest BCUT2D eigenvalue weighted by Gasteiger charge is -2.24. The van der Waals surface area contributed by atoms with Crippen molar-refractivity contribution in [3.8, 4) is 0 Å². The molecule has 0 spiro atoms. The van der Waals surface area contributed by atoms with Crippen LogP contribution in [0.5, 0.6) is 0 Å². The first kappa shape index (κ1) is 13.0. The topological polar surface area (TPSA) is 15.3 Å². The molecule has 1 saturated heterocycles. The van der Waals surface area contributed by atoms with Crippen molar-refractivity contribution in [3.63, 3.8) is 0 Å². The summed E-state index contributed by atoms with van der Waals surface area (Å²) in [4.78, 5) is 2.66. The molecule has 1 heterocycles. The van der Waals surface area contributed by atoms with Crippen LogP contribution in [-0.2, 0) is 0 Å². The van der Waals surface area contributed by atoms with Crippen molar-refractivity contribution < 1.29 is 0 Å². The third kappa shape index (κ3) is 4.52. The van der Waals surface area contributed by atoms with Crippen LogP contribution in [0.2, 0.25) is 0 Å². The lowest BCUT2D eigenvalue weighted by atomic mass is 10.1. The fourth-order valence-corrected chi connectivity index (χ4v) is 2.52. The van der Waals surface area contributed by atoms with Crippen LogP contribution in [0.25, 0.3) is 0 Å². The van der Waals surface area contributed by atoms with Crippen molar-refractivity contribution in [2.24, 2.45) is 0 Å². The molecular formula is C13H28N2. The summed E-state index contributed by atoms with van der Waals surface area (Å²) in [6, 6.07) is 1.55. The first-order valence-corrected chi connectivity index (χ1v) is 6.75. The zero-order chi connectivity index (χ0) is 11.1. The summed E-state index contributed by atoms with van der Waals surface area (Å²) in [6.07, 6.45) is 6.86. The number of hydrogen-bond donors (Lipinski definition) is 1. The summed E-state index contributed by atoms with van der Waals surface area (Å²) in [5, 5.41) is 3.55. The molecule has 15 heavy (non-hydrogen) atoms. The summed E-state index contributed by atoms with van der Waals surface area (Å²) in [5.41, 5.74) is 0. The Bertz CT molecular complexity index is 159. The minimum absolute atomic E-state index is 0.753. The molecule has 2 atom stereocenters. The Morgan fingerprint density at radius 1 is 1.33 bits per heavy atom. The van der Waals surface area contributed by atoms with Gasteiger partial charge in [0.05, 0.1) is 0 Å². The van der Waals surface area contributed by atoms with E-state index in [0.717, 1.165) is 18.6 Å². The molecular weight excluding hydrogens is 184 g/mol. The predicted octanol–water partition coefficient (Wildman–Crippen LogP) is 2.64. The number of nitrogens with one attached hydrogen (secondary N) is 1. The minimum Gasteiger partial charge on any atom is -0.313 e. The van der Waals surface area contributed by atoms with Gasteiger partial charge < -0.3 is 5.32 Å². The van der Waals surface area contributed by atoms with Crippen LogP contribution in [0, 0.1) is 0 Å². The smallest absolute Gasteiger partial charge is 0.0207 e. The number of likely N-dealkylation sites (N-methyl/N-ethyl adjacent to an activating group) is 1. The molecule has 0 radical (unpaired) electrons. The Hall–Kier alpha value is -0.0800. The average molecular weight is 212 g/mol. The lowest BCUT2D eigenvalue weighted by molar-refractivity contribution is 0.236. The summed E-state index contributed by atoms with van der Waals surface area (Å²) < 4.78 is 0. The third-order valence-corrected chi connectivity index (χ3v) is 3.56. The van der Waals surface area contributed by atoms with E-state index in [1.165, 1.54) is 45.2 Å². The highest BCUT2D eigenvalue weighted by Gasteiger charge is 2.24. The normalized spacial score (nSPS) is 24.6. The fourth-order valence-electron chi connectivity index (χ4n) is 2.52. The number of rotatable bonds is 7. The molecule has 0 aromatic carbocycles. The first-order valence-electron chi connectivity index (χ1n) is 6.75. The van der Waals surface area contributed by atoms with Crippen molar-refractivity contribution in [2.45, 2.75) is 65.0 Å². The van der Waals surface area contributed by atoms with Gasteiger partial charge >= 0.3 is 0 Å². The van der Waals surface area contributed by atoms with E-state index in [1.54, 1.807) is 0 Å². The Kier molecular flexibility index (Phi) is 6.26. The van der Waals surface area contributed by atoms with Gasteiger partial charge in [-0.1, -0.05) is 33.1 Å². The predicted molar refractivity (Wildman–Crippen MR) is 67.3 cm³/mol. The Balaban J connectivity index is 2.15. The minimum atomic E-state index is 0.753. The largest absolute Gasteiger partial charge is 0.313 e.